The molecular weight excluding hydrogens is 292 g/mol. The Bertz CT molecular complexity index is 699. The zero-order valence-corrected chi connectivity index (χ0v) is 13.3. The third-order valence-electron chi connectivity index (χ3n) is 3.74. The summed E-state index contributed by atoms with van der Waals surface area (Å²) in [5, 5.41) is 13.7. The van der Waals surface area contributed by atoms with Gasteiger partial charge in [0.05, 0.1) is 4.92 Å². The number of hydrogen-bond donors (Lipinski definition) is 1. The van der Waals surface area contributed by atoms with Crippen LogP contribution in [0.5, 0.6) is 0 Å². The zero-order chi connectivity index (χ0) is 16.8. The minimum absolute atomic E-state index is 0.0261. The summed E-state index contributed by atoms with van der Waals surface area (Å²) in [4.78, 5) is 22.6. The van der Waals surface area contributed by atoms with Gasteiger partial charge in [0.2, 0.25) is 0 Å². The van der Waals surface area contributed by atoms with Gasteiger partial charge >= 0.3 is 0 Å². The molecule has 0 aliphatic heterocycles. The van der Waals surface area contributed by atoms with Crippen molar-refractivity contribution in [1.82, 2.24) is 5.32 Å². The van der Waals surface area contributed by atoms with Gasteiger partial charge in [-0.05, 0) is 44.4 Å². The highest BCUT2D eigenvalue weighted by Gasteiger charge is 2.15. The Morgan fingerprint density at radius 2 is 1.91 bits per heavy atom. The van der Waals surface area contributed by atoms with Gasteiger partial charge in [-0.3, -0.25) is 14.9 Å². The average Bonchev–Trinajstić information content (AvgIpc) is 2.53. The van der Waals surface area contributed by atoms with Crippen LogP contribution in [0.2, 0.25) is 0 Å². The van der Waals surface area contributed by atoms with Gasteiger partial charge in [-0.15, -0.1) is 0 Å². The molecule has 2 aromatic carbocycles. The summed E-state index contributed by atoms with van der Waals surface area (Å²) in [7, 11) is 0. The van der Waals surface area contributed by atoms with E-state index < -0.39 is 4.92 Å². The molecule has 120 valence electrons. The number of nitro benzene ring substituents is 1. The Kier molecular flexibility index (Phi) is 5.46. The molecule has 0 saturated heterocycles. The lowest BCUT2D eigenvalue weighted by atomic mass is 10.1. The third-order valence-corrected chi connectivity index (χ3v) is 3.74. The van der Waals surface area contributed by atoms with Crippen molar-refractivity contribution in [3.8, 4) is 0 Å². The zero-order valence-electron chi connectivity index (χ0n) is 13.3. The van der Waals surface area contributed by atoms with E-state index in [1.807, 2.05) is 25.1 Å². The van der Waals surface area contributed by atoms with Crippen molar-refractivity contribution < 1.29 is 9.72 Å². The van der Waals surface area contributed by atoms with E-state index in [-0.39, 0.29) is 17.6 Å². The standard InChI is InChI=1S/C18H20N2O3/c1-13-12-16(10-11-17(13)20(22)23)18(21)19-14(2)8-9-15-6-4-3-5-7-15/h3-7,10-12,14H,8-9H2,1-2H3,(H,19,21)/t14-/m1/s1. The highest BCUT2D eigenvalue weighted by molar-refractivity contribution is 5.94. The predicted molar refractivity (Wildman–Crippen MR) is 89.5 cm³/mol. The number of nitrogens with zero attached hydrogens (tertiary/aromatic N) is 1. The van der Waals surface area contributed by atoms with Crippen molar-refractivity contribution in [2.75, 3.05) is 0 Å². The molecule has 23 heavy (non-hydrogen) atoms. The molecule has 2 aromatic rings. The van der Waals surface area contributed by atoms with Crippen molar-refractivity contribution in [2.45, 2.75) is 32.7 Å². The van der Waals surface area contributed by atoms with Gasteiger partial charge in [0.25, 0.3) is 11.6 Å². The molecule has 2 rings (SSSR count). The van der Waals surface area contributed by atoms with Gasteiger partial charge in [0.1, 0.15) is 0 Å². The molecule has 0 unspecified atom stereocenters. The fraction of sp³-hybridized carbons (Fsp3) is 0.278. The number of aryl methyl sites for hydroxylation is 2. The van der Waals surface area contributed by atoms with E-state index in [4.69, 9.17) is 0 Å². The molecule has 0 spiro atoms. The lowest BCUT2D eigenvalue weighted by molar-refractivity contribution is -0.385. The van der Waals surface area contributed by atoms with Gasteiger partial charge in [0.15, 0.2) is 0 Å². The highest BCUT2D eigenvalue weighted by atomic mass is 16.6. The molecule has 0 heterocycles. The first-order valence-corrected chi connectivity index (χ1v) is 7.57. The molecule has 1 amide bonds. The van der Waals surface area contributed by atoms with Crippen molar-refractivity contribution in [3.63, 3.8) is 0 Å². The van der Waals surface area contributed by atoms with Crippen LogP contribution in [0.4, 0.5) is 5.69 Å². The van der Waals surface area contributed by atoms with E-state index in [0.717, 1.165) is 12.8 Å². The lowest BCUT2D eigenvalue weighted by Crippen LogP contribution is -2.32. The maximum atomic E-state index is 12.2. The molecule has 0 aliphatic rings. The number of carbonyl (C=O) groups is 1. The minimum Gasteiger partial charge on any atom is -0.350 e. The summed E-state index contributed by atoms with van der Waals surface area (Å²) >= 11 is 0. The number of carbonyl (C=O) groups excluding carboxylic acids is 1. The quantitative estimate of drug-likeness (QED) is 0.653. The second kappa shape index (κ2) is 7.54. The average molecular weight is 312 g/mol. The fourth-order valence-corrected chi connectivity index (χ4v) is 2.41. The summed E-state index contributed by atoms with van der Waals surface area (Å²) in [5.74, 6) is -0.205. The largest absolute Gasteiger partial charge is 0.350 e. The monoisotopic (exact) mass is 312 g/mol. The summed E-state index contributed by atoms with van der Waals surface area (Å²) < 4.78 is 0. The smallest absolute Gasteiger partial charge is 0.272 e. The number of benzene rings is 2. The molecule has 0 bridgehead atoms. The van der Waals surface area contributed by atoms with E-state index in [9.17, 15) is 14.9 Å². The number of nitrogens with one attached hydrogen (secondary N) is 1. The number of amides is 1. The predicted octanol–water partition coefficient (Wildman–Crippen LogP) is 3.65. The minimum atomic E-state index is -0.445. The maximum Gasteiger partial charge on any atom is 0.272 e. The number of hydrogen-bond acceptors (Lipinski definition) is 3. The number of rotatable bonds is 6. The van der Waals surface area contributed by atoms with Crippen LogP contribution < -0.4 is 5.32 Å². The van der Waals surface area contributed by atoms with Gasteiger partial charge in [0, 0.05) is 23.2 Å². The van der Waals surface area contributed by atoms with E-state index in [1.165, 1.54) is 17.7 Å². The van der Waals surface area contributed by atoms with Crippen LogP contribution in [-0.2, 0) is 6.42 Å². The normalized spacial score (nSPS) is 11.7. The topological polar surface area (TPSA) is 72.2 Å². The van der Waals surface area contributed by atoms with Crippen LogP contribution >= 0.6 is 0 Å². The molecular formula is C18H20N2O3. The Hall–Kier alpha value is -2.69. The summed E-state index contributed by atoms with van der Waals surface area (Å²) in [6.07, 6.45) is 1.73. The Morgan fingerprint density at radius 1 is 1.22 bits per heavy atom. The van der Waals surface area contributed by atoms with Crippen molar-refractivity contribution in [2.24, 2.45) is 0 Å². The highest BCUT2D eigenvalue weighted by Crippen LogP contribution is 2.18. The summed E-state index contributed by atoms with van der Waals surface area (Å²) in [6, 6.07) is 14.5. The van der Waals surface area contributed by atoms with Crippen LogP contribution in [0.1, 0.15) is 34.8 Å². The molecule has 0 aliphatic carbocycles. The molecule has 0 saturated carbocycles. The van der Waals surface area contributed by atoms with Crippen LogP contribution in [-0.4, -0.2) is 16.9 Å². The van der Waals surface area contributed by atoms with E-state index >= 15 is 0 Å². The van der Waals surface area contributed by atoms with Crippen LogP contribution in [0.3, 0.4) is 0 Å². The molecule has 0 fully saturated rings. The Labute approximate surface area is 135 Å². The maximum absolute atomic E-state index is 12.2. The van der Waals surface area contributed by atoms with E-state index in [2.05, 4.69) is 17.4 Å². The first kappa shape index (κ1) is 16.7. The van der Waals surface area contributed by atoms with Crippen LogP contribution in [0.25, 0.3) is 0 Å². The molecule has 1 N–H and O–H groups in total. The third kappa shape index (κ3) is 4.64. The fourth-order valence-electron chi connectivity index (χ4n) is 2.41. The molecule has 5 heteroatoms. The second-order valence-corrected chi connectivity index (χ2v) is 5.66. The van der Waals surface area contributed by atoms with Crippen molar-refractivity contribution in [1.29, 1.82) is 0 Å². The molecule has 1 atom stereocenters. The second-order valence-electron chi connectivity index (χ2n) is 5.66. The molecule has 5 nitrogen and oxygen atoms in total. The van der Waals surface area contributed by atoms with Crippen LogP contribution in [0.15, 0.2) is 48.5 Å². The summed E-state index contributed by atoms with van der Waals surface area (Å²) in [6.45, 7) is 3.59. The van der Waals surface area contributed by atoms with Gasteiger partial charge < -0.3 is 5.32 Å². The number of nitro groups is 1. The van der Waals surface area contributed by atoms with E-state index in [0.29, 0.717) is 11.1 Å². The molecule has 0 radical (unpaired) electrons. The first-order valence-electron chi connectivity index (χ1n) is 7.57. The first-order chi connectivity index (χ1) is 11.0. The SMILES string of the molecule is Cc1cc(C(=O)N[C@H](C)CCc2ccccc2)ccc1[N+](=O)[O-]. The lowest BCUT2D eigenvalue weighted by Gasteiger charge is -2.14. The molecule has 0 aromatic heterocycles. The Morgan fingerprint density at radius 3 is 2.52 bits per heavy atom. The Balaban J connectivity index is 1.93. The van der Waals surface area contributed by atoms with Crippen LogP contribution in [0, 0.1) is 17.0 Å². The van der Waals surface area contributed by atoms with E-state index in [1.54, 1.807) is 13.0 Å². The van der Waals surface area contributed by atoms with Gasteiger partial charge in [-0.2, -0.15) is 0 Å². The van der Waals surface area contributed by atoms with Gasteiger partial charge in [-0.1, -0.05) is 30.3 Å². The van der Waals surface area contributed by atoms with Crippen molar-refractivity contribution >= 4 is 11.6 Å². The van der Waals surface area contributed by atoms with Crippen molar-refractivity contribution in [3.05, 3.63) is 75.3 Å². The van der Waals surface area contributed by atoms with Gasteiger partial charge in [-0.25, -0.2) is 0 Å². The summed E-state index contributed by atoms with van der Waals surface area (Å²) in [5.41, 5.74) is 2.19.